The maximum Gasteiger partial charge on any atom is 0.322 e. The third-order valence-corrected chi connectivity index (χ3v) is 4.04. The van der Waals surface area contributed by atoms with Gasteiger partial charge >= 0.3 is 5.97 Å². The fraction of sp³-hybridized carbons (Fsp3) is 0.316. The Labute approximate surface area is 151 Å². The number of hydrogen-bond donors (Lipinski definition) is 1. The average molecular weight is 359 g/mol. The quantitative estimate of drug-likeness (QED) is 0.757. The Morgan fingerprint density at radius 3 is 2.73 bits per heavy atom. The smallest absolute Gasteiger partial charge is 0.322 e. The molecule has 2 aromatic rings. The van der Waals surface area contributed by atoms with E-state index in [9.17, 15) is 4.79 Å². The van der Waals surface area contributed by atoms with Crippen molar-refractivity contribution < 1.29 is 28.5 Å². The number of carbonyl (C=O) groups is 1. The first-order chi connectivity index (χ1) is 12.6. The van der Waals surface area contributed by atoms with Crippen LogP contribution in [0.1, 0.15) is 11.1 Å². The number of ether oxygens (including phenoxy) is 5. The summed E-state index contributed by atoms with van der Waals surface area (Å²) in [5, 5.41) is 0. The molecular formula is C19H21NO6. The molecule has 0 saturated heterocycles. The summed E-state index contributed by atoms with van der Waals surface area (Å²) in [4.78, 5) is 11.5. The fourth-order valence-corrected chi connectivity index (χ4v) is 2.69. The van der Waals surface area contributed by atoms with E-state index in [2.05, 4.69) is 4.74 Å². The lowest BCUT2D eigenvalue weighted by Crippen LogP contribution is -2.33. The highest BCUT2D eigenvalue weighted by Gasteiger charge is 2.16. The molecule has 2 N–H and O–H groups in total. The second-order valence-electron chi connectivity index (χ2n) is 5.78. The van der Waals surface area contributed by atoms with Crippen LogP contribution < -0.4 is 24.7 Å². The van der Waals surface area contributed by atoms with E-state index >= 15 is 0 Å². The van der Waals surface area contributed by atoms with Crippen molar-refractivity contribution in [3.63, 3.8) is 0 Å². The number of rotatable bonds is 7. The number of esters is 1. The number of fused-ring (bicyclic) bond motifs is 1. The molecule has 0 aromatic heterocycles. The van der Waals surface area contributed by atoms with E-state index in [-0.39, 0.29) is 6.79 Å². The number of nitrogens with two attached hydrogens (primary N) is 1. The second kappa shape index (κ2) is 7.97. The van der Waals surface area contributed by atoms with Gasteiger partial charge in [0.05, 0.1) is 14.2 Å². The molecule has 0 radical (unpaired) electrons. The monoisotopic (exact) mass is 359 g/mol. The van der Waals surface area contributed by atoms with Gasteiger partial charge in [0, 0.05) is 11.6 Å². The molecule has 2 aromatic carbocycles. The minimum absolute atomic E-state index is 0.217. The first kappa shape index (κ1) is 17.9. The summed E-state index contributed by atoms with van der Waals surface area (Å²) >= 11 is 0. The van der Waals surface area contributed by atoms with Crippen molar-refractivity contribution >= 4 is 5.97 Å². The van der Waals surface area contributed by atoms with Gasteiger partial charge in [0.2, 0.25) is 6.79 Å². The van der Waals surface area contributed by atoms with Crippen LogP contribution in [0.15, 0.2) is 36.4 Å². The molecule has 1 atom stereocenters. The number of hydrogen-bond acceptors (Lipinski definition) is 7. The van der Waals surface area contributed by atoms with Gasteiger partial charge in [0.15, 0.2) is 11.5 Å². The van der Waals surface area contributed by atoms with Gasteiger partial charge in [0.1, 0.15) is 24.1 Å². The predicted molar refractivity (Wildman–Crippen MR) is 93.6 cm³/mol. The van der Waals surface area contributed by atoms with E-state index in [1.165, 1.54) is 7.11 Å². The van der Waals surface area contributed by atoms with E-state index in [0.29, 0.717) is 36.0 Å². The Hall–Kier alpha value is -2.93. The zero-order valence-electron chi connectivity index (χ0n) is 14.7. The molecule has 0 spiro atoms. The molecule has 0 amide bonds. The normalized spacial score (nSPS) is 13.2. The maximum atomic E-state index is 11.5. The minimum Gasteiger partial charge on any atom is -0.496 e. The Morgan fingerprint density at radius 2 is 1.96 bits per heavy atom. The van der Waals surface area contributed by atoms with E-state index in [0.717, 1.165) is 11.1 Å². The Balaban J connectivity index is 1.71. The summed E-state index contributed by atoms with van der Waals surface area (Å²) in [6.07, 6.45) is 0.369. The van der Waals surface area contributed by atoms with E-state index in [1.54, 1.807) is 19.2 Å². The molecule has 26 heavy (non-hydrogen) atoms. The number of methoxy groups -OCH3 is 2. The van der Waals surface area contributed by atoms with Crippen molar-refractivity contribution in [2.45, 2.75) is 19.1 Å². The highest BCUT2D eigenvalue weighted by atomic mass is 16.7. The minimum atomic E-state index is -0.712. The number of benzene rings is 2. The summed E-state index contributed by atoms with van der Waals surface area (Å²) in [6.45, 7) is 0.513. The topological polar surface area (TPSA) is 89.2 Å². The van der Waals surface area contributed by atoms with E-state index in [4.69, 9.17) is 24.7 Å². The Kier molecular flexibility index (Phi) is 5.48. The fourth-order valence-electron chi connectivity index (χ4n) is 2.69. The molecule has 3 rings (SSSR count). The van der Waals surface area contributed by atoms with Gasteiger partial charge in [0.25, 0.3) is 0 Å². The van der Waals surface area contributed by atoms with Gasteiger partial charge in [-0.3, -0.25) is 4.79 Å². The average Bonchev–Trinajstić information content (AvgIpc) is 3.13. The third kappa shape index (κ3) is 4.00. The molecule has 0 fully saturated rings. The van der Waals surface area contributed by atoms with Crippen LogP contribution in [-0.4, -0.2) is 33.0 Å². The van der Waals surface area contributed by atoms with Crippen LogP contribution in [-0.2, 0) is 22.6 Å². The van der Waals surface area contributed by atoms with Crippen molar-refractivity contribution in [1.29, 1.82) is 0 Å². The number of carbonyl (C=O) groups excluding carboxylic acids is 1. The van der Waals surface area contributed by atoms with Gasteiger partial charge in [-0.25, -0.2) is 0 Å². The molecule has 1 unspecified atom stereocenters. The van der Waals surface area contributed by atoms with Crippen molar-refractivity contribution in [3.05, 3.63) is 47.5 Å². The van der Waals surface area contributed by atoms with Crippen LogP contribution in [0.3, 0.4) is 0 Å². The lowest BCUT2D eigenvalue weighted by molar-refractivity contribution is -0.142. The summed E-state index contributed by atoms with van der Waals surface area (Å²) in [5.74, 6) is 2.27. The zero-order valence-corrected chi connectivity index (χ0v) is 14.7. The second-order valence-corrected chi connectivity index (χ2v) is 5.78. The largest absolute Gasteiger partial charge is 0.496 e. The van der Waals surface area contributed by atoms with Crippen LogP contribution in [0.4, 0.5) is 0 Å². The zero-order chi connectivity index (χ0) is 18.5. The molecule has 0 saturated carbocycles. The molecule has 1 aliphatic rings. The highest BCUT2D eigenvalue weighted by Crippen LogP contribution is 2.35. The highest BCUT2D eigenvalue weighted by molar-refractivity contribution is 5.75. The first-order valence-electron chi connectivity index (χ1n) is 8.12. The summed E-state index contributed by atoms with van der Waals surface area (Å²) in [6, 6.07) is 10.3. The lowest BCUT2D eigenvalue weighted by Gasteiger charge is -2.14. The van der Waals surface area contributed by atoms with Gasteiger partial charge in [-0.05, 0) is 36.2 Å². The van der Waals surface area contributed by atoms with Gasteiger partial charge in [-0.2, -0.15) is 0 Å². The first-order valence-corrected chi connectivity index (χ1v) is 8.12. The summed E-state index contributed by atoms with van der Waals surface area (Å²) in [5.41, 5.74) is 7.58. The molecule has 1 heterocycles. The predicted octanol–water partition coefficient (Wildman–Crippen LogP) is 2.05. The molecule has 7 nitrogen and oxygen atoms in total. The van der Waals surface area contributed by atoms with Crippen molar-refractivity contribution in [3.8, 4) is 23.0 Å². The van der Waals surface area contributed by atoms with Crippen LogP contribution in [0.2, 0.25) is 0 Å². The molecule has 0 aliphatic carbocycles. The standard InChI is InChI=1S/C19H21NO6/c1-22-16-5-3-12(8-15(20)19(21)23-2)7-13(16)10-24-14-4-6-17-18(9-14)26-11-25-17/h3-7,9,15H,8,10-11,20H2,1-2H3. The van der Waals surface area contributed by atoms with Gasteiger partial charge < -0.3 is 29.4 Å². The van der Waals surface area contributed by atoms with E-state index < -0.39 is 12.0 Å². The summed E-state index contributed by atoms with van der Waals surface area (Å²) in [7, 11) is 2.92. The van der Waals surface area contributed by atoms with Crippen molar-refractivity contribution in [1.82, 2.24) is 0 Å². The van der Waals surface area contributed by atoms with Crippen molar-refractivity contribution in [2.75, 3.05) is 21.0 Å². The molecule has 7 heteroatoms. The van der Waals surface area contributed by atoms with Crippen LogP contribution in [0.25, 0.3) is 0 Å². The third-order valence-electron chi connectivity index (χ3n) is 4.04. The lowest BCUT2D eigenvalue weighted by atomic mass is 10.0. The van der Waals surface area contributed by atoms with Crippen LogP contribution in [0.5, 0.6) is 23.0 Å². The maximum absolute atomic E-state index is 11.5. The Bertz CT molecular complexity index is 792. The van der Waals surface area contributed by atoms with Gasteiger partial charge in [-0.15, -0.1) is 0 Å². The summed E-state index contributed by atoms with van der Waals surface area (Å²) < 4.78 is 26.5. The van der Waals surface area contributed by atoms with Crippen LogP contribution in [0, 0.1) is 0 Å². The van der Waals surface area contributed by atoms with Crippen molar-refractivity contribution in [2.24, 2.45) is 5.73 Å². The van der Waals surface area contributed by atoms with Crippen LogP contribution >= 0.6 is 0 Å². The SMILES string of the molecule is COC(=O)C(N)Cc1ccc(OC)c(COc2ccc3c(c2)OCO3)c1. The molecule has 1 aliphatic heterocycles. The molecule has 0 bridgehead atoms. The molecular weight excluding hydrogens is 338 g/mol. The van der Waals surface area contributed by atoms with E-state index in [1.807, 2.05) is 24.3 Å². The van der Waals surface area contributed by atoms with Gasteiger partial charge in [-0.1, -0.05) is 6.07 Å². The Morgan fingerprint density at radius 1 is 1.15 bits per heavy atom. The molecule has 138 valence electrons.